The van der Waals surface area contributed by atoms with Gasteiger partial charge < -0.3 is 9.77 Å². The number of carbonyl (C=O) groups excluding carboxylic acids is 1. The maximum Gasteiger partial charge on any atom is 0.363 e. The van der Waals surface area contributed by atoms with Crippen molar-refractivity contribution >= 4 is 32.9 Å². The van der Waals surface area contributed by atoms with E-state index in [0.717, 1.165) is 4.47 Å². The van der Waals surface area contributed by atoms with E-state index in [1.165, 1.54) is 10.9 Å². The fraction of sp³-hybridized carbons (Fsp3) is 0.143. The van der Waals surface area contributed by atoms with Crippen LogP contribution in [0.4, 0.5) is 0 Å². The summed E-state index contributed by atoms with van der Waals surface area (Å²) < 4.78 is 2.41. The molecule has 0 fully saturated rings. The van der Waals surface area contributed by atoms with Crippen molar-refractivity contribution in [2.75, 3.05) is 0 Å². The van der Waals surface area contributed by atoms with Gasteiger partial charge in [-0.05, 0) is 19.1 Å². The quantitative estimate of drug-likeness (QED) is 0.527. The number of nitrogens with zero attached hydrogens (tertiary/aromatic N) is 3. The van der Waals surface area contributed by atoms with Crippen LogP contribution >= 0.6 is 15.9 Å². The number of aromatic amines is 1. The van der Waals surface area contributed by atoms with Crippen molar-refractivity contribution in [3.63, 3.8) is 0 Å². The van der Waals surface area contributed by atoms with Crippen molar-refractivity contribution in [3.8, 4) is 0 Å². The van der Waals surface area contributed by atoms with Gasteiger partial charge in [0.15, 0.2) is 11.3 Å². The molecule has 2 aromatic heterocycles. The van der Waals surface area contributed by atoms with E-state index in [4.69, 9.17) is 0 Å². The van der Waals surface area contributed by atoms with Gasteiger partial charge in [0.25, 0.3) is 5.56 Å². The molecule has 2 N–H and O–H groups in total. The van der Waals surface area contributed by atoms with Crippen molar-refractivity contribution < 1.29 is 10.0 Å². The first kappa shape index (κ1) is 15.2. The molecule has 118 valence electrons. The Labute approximate surface area is 137 Å². The summed E-state index contributed by atoms with van der Waals surface area (Å²) in [6.07, 6.45) is 1.24. The van der Waals surface area contributed by atoms with Crippen molar-refractivity contribution in [2.24, 2.45) is 0 Å². The largest absolute Gasteiger partial charge is 0.422 e. The van der Waals surface area contributed by atoms with Gasteiger partial charge in [-0.25, -0.2) is 9.78 Å². The second-order valence-corrected chi connectivity index (χ2v) is 5.86. The number of carbonyl (C=O) groups is 1. The van der Waals surface area contributed by atoms with E-state index in [0.29, 0.717) is 5.56 Å². The van der Waals surface area contributed by atoms with Crippen LogP contribution in [0.3, 0.4) is 0 Å². The highest BCUT2D eigenvalue weighted by molar-refractivity contribution is 9.10. The number of H-pyrrole nitrogens is 1. The molecule has 2 heterocycles. The summed E-state index contributed by atoms with van der Waals surface area (Å²) in [4.78, 5) is 41.7. The third kappa shape index (κ3) is 2.48. The summed E-state index contributed by atoms with van der Waals surface area (Å²) in [5.41, 5.74) is -1.49. The van der Waals surface area contributed by atoms with Crippen LogP contribution in [0.1, 0.15) is 23.3 Å². The average Bonchev–Trinajstić information content (AvgIpc) is 2.97. The van der Waals surface area contributed by atoms with E-state index in [9.17, 15) is 19.6 Å². The first-order valence-electron chi connectivity index (χ1n) is 6.61. The van der Waals surface area contributed by atoms with Gasteiger partial charge in [0.05, 0.1) is 12.4 Å². The minimum Gasteiger partial charge on any atom is -0.422 e. The lowest BCUT2D eigenvalue weighted by atomic mass is 10.1. The van der Waals surface area contributed by atoms with E-state index in [-0.39, 0.29) is 21.7 Å². The minimum absolute atomic E-state index is 0.0509. The number of halogens is 1. The molecule has 8 nitrogen and oxygen atoms in total. The van der Waals surface area contributed by atoms with Gasteiger partial charge in [0.2, 0.25) is 5.65 Å². The van der Waals surface area contributed by atoms with Crippen LogP contribution in [0.15, 0.2) is 44.7 Å². The Balaban J connectivity index is 2.11. The third-order valence-corrected chi connectivity index (χ3v) is 4.06. The fourth-order valence-corrected chi connectivity index (χ4v) is 2.57. The van der Waals surface area contributed by atoms with E-state index < -0.39 is 17.3 Å². The molecule has 1 aromatic carbocycles. The molecule has 0 saturated carbocycles. The molecule has 0 spiro atoms. The highest BCUT2D eigenvalue weighted by Crippen LogP contribution is 2.19. The Morgan fingerprint density at radius 3 is 2.61 bits per heavy atom. The first-order chi connectivity index (χ1) is 10.9. The number of rotatable bonds is 3. The smallest absolute Gasteiger partial charge is 0.363 e. The highest BCUT2D eigenvalue weighted by atomic mass is 79.9. The summed E-state index contributed by atoms with van der Waals surface area (Å²) in [5, 5.41) is 9.63. The molecule has 1 atom stereocenters. The van der Waals surface area contributed by atoms with Crippen LogP contribution in [0.5, 0.6) is 0 Å². The molecule has 0 aliphatic heterocycles. The lowest BCUT2D eigenvalue weighted by Crippen LogP contribution is -2.30. The number of aromatic nitrogens is 4. The molecule has 23 heavy (non-hydrogen) atoms. The molecular formula is C14H11BrN4O4. The Morgan fingerprint density at radius 2 is 1.96 bits per heavy atom. The zero-order valence-electron chi connectivity index (χ0n) is 11.9. The lowest BCUT2D eigenvalue weighted by molar-refractivity contribution is 0.0936. The van der Waals surface area contributed by atoms with Crippen LogP contribution in [0.2, 0.25) is 0 Å². The van der Waals surface area contributed by atoms with E-state index in [2.05, 4.69) is 20.9 Å². The van der Waals surface area contributed by atoms with Crippen molar-refractivity contribution in [1.29, 1.82) is 0 Å². The van der Waals surface area contributed by atoms with Gasteiger partial charge in [0.1, 0.15) is 0 Å². The third-order valence-electron chi connectivity index (χ3n) is 3.53. The molecule has 0 amide bonds. The predicted molar refractivity (Wildman–Crippen MR) is 85.0 cm³/mol. The highest BCUT2D eigenvalue weighted by Gasteiger charge is 2.22. The molecular weight excluding hydrogens is 368 g/mol. The van der Waals surface area contributed by atoms with Gasteiger partial charge >= 0.3 is 5.69 Å². The molecule has 0 saturated heterocycles. The normalized spacial score (nSPS) is 12.4. The van der Waals surface area contributed by atoms with E-state index in [1.807, 2.05) is 4.98 Å². The molecule has 3 aromatic rings. The molecule has 0 aliphatic rings. The van der Waals surface area contributed by atoms with Crippen molar-refractivity contribution in [1.82, 2.24) is 19.3 Å². The molecule has 0 radical (unpaired) electrons. The zero-order chi connectivity index (χ0) is 16.7. The molecule has 3 rings (SSSR count). The van der Waals surface area contributed by atoms with Crippen LogP contribution in [0, 0.1) is 0 Å². The average molecular weight is 379 g/mol. The SMILES string of the molecule is CC(C(=O)c1ccc(Br)cc1)n1cnc2c1c(=O)[nH]c(=O)n2O. The first-order valence-corrected chi connectivity index (χ1v) is 7.40. The summed E-state index contributed by atoms with van der Waals surface area (Å²) in [7, 11) is 0. The van der Waals surface area contributed by atoms with Crippen LogP contribution < -0.4 is 11.2 Å². The number of Topliss-reactive ketones (excluding diaryl/α,β-unsaturated/α-hetero) is 1. The van der Waals surface area contributed by atoms with Gasteiger partial charge in [-0.1, -0.05) is 28.1 Å². The summed E-state index contributed by atoms with van der Waals surface area (Å²) in [5.74, 6) is -0.230. The Bertz CT molecular complexity index is 1020. The van der Waals surface area contributed by atoms with Crippen LogP contribution in [-0.2, 0) is 0 Å². The molecule has 0 aliphatic carbocycles. The number of imidazole rings is 1. The van der Waals surface area contributed by atoms with Gasteiger partial charge in [0, 0.05) is 10.0 Å². The Kier molecular flexibility index (Phi) is 3.64. The molecule has 0 bridgehead atoms. The number of benzene rings is 1. The molecule has 1 unspecified atom stereocenters. The van der Waals surface area contributed by atoms with Gasteiger partial charge in [-0.3, -0.25) is 14.6 Å². The fourth-order valence-electron chi connectivity index (χ4n) is 2.31. The van der Waals surface area contributed by atoms with Gasteiger partial charge in [-0.2, -0.15) is 0 Å². The summed E-state index contributed by atoms with van der Waals surface area (Å²) in [6.45, 7) is 1.61. The van der Waals surface area contributed by atoms with Crippen LogP contribution in [-0.4, -0.2) is 30.3 Å². The van der Waals surface area contributed by atoms with Gasteiger partial charge in [-0.15, -0.1) is 4.73 Å². The Morgan fingerprint density at radius 1 is 1.30 bits per heavy atom. The zero-order valence-corrected chi connectivity index (χ0v) is 13.4. The summed E-state index contributed by atoms with van der Waals surface area (Å²) in [6, 6.07) is 6.07. The lowest BCUT2D eigenvalue weighted by Gasteiger charge is -2.13. The number of fused-ring (bicyclic) bond motifs is 1. The van der Waals surface area contributed by atoms with Crippen molar-refractivity contribution in [3.05, 3.63) is 61.5 Å². The van der Waals surface area contributed by atoms with Crippen molar-refractivity contribution in [2.45, 2.75) is 13.0 Å². The second-order valence-electron chi connectivity index (χ2n) is 4.94. The van der Waals surface area contributed by atoms with E-state index >= 15 is 0 Å². The van der Waals surface area contributed by atoms with E-state index in [1.54, 1.807) is 31.2 Å². The Hall–Kier alpha value is -2.68. The minimum atomic E-state index is -0.986. The molecule has 9 heteroatoms. The maximum absolute atomic E-state index is 12.6. The predicted octanol–water partition coefficient (Wildman–Crippen LogP) is 1.33. The number of hydrogen-bond donors (Lipinski definition) is 2. The monoisotopic (exact) mass is 378 g/mol. The maximum atomic E-state index is 12.6. The summed E-state index contributed by atoms with van der Waals surface area (Å²) >= 11 is 3.30. The van der Waals surface area contributed by atoms with Crippen LogP contribution in [0.25, 0.3) is 11.2 Å². The number of nitrogens with one attached hydrogen (secondary N) is 1. The topological polar surface area (TPSA) is 110 Å². The number of hydrogen-bond acceptors (Lipinski definition) is 5. The standard InChI is InChI=1S/C14H11BrN4O4/c1-7(11(20)8-2-4-9(15)5-3-8)18-6-16-12-10(18)13(21)17-14(22)19(12)23/h2-7,23H,1H3,(H,17,21,22). The second kappa shape index (κ2) is 5.51. The number of ketones is 1.